The summed E-state index contributed by atoms with van der Waals surface area (Å²) < 4.78 is 7.34. The van der Waals surface area contributed by atoms with Gasteiger partial charge >= 0.3 is 0 Å². The molecule has 5 nitrogen and oxygen atoms in total. The van der Waals surface area contributed by atoms with Gasteiger partial charge in [-0.25, -0.2) is 4.98 Å². The third-order valence-corrected chi connectivity index (χ3v) is 6.19. The lowest BCUT2D eigenvalue weighted by Gasteiger charge is -2.09. The fourth-order valence-electron chi connectivity index (χ4n) is 2.83. The maximum atomic E-state index is 5.14. The fraction of sp³-hybridized carbons (Fsp3) is 0.211. The third kappa shape index (κ3) is 3.08. The zero-order chi connectivity index (χ0) is 17.3. The molecule has 0 spiro atoms. The Bertz CT molecular complexity index is 1000. The molecule has 0 amide bonds. The summed E-state index contributed by atoms with van der Waals surface area (Å²) in [6, 6.07) is 12.3. The van der Waals surface area contributed by atoms with Crippen LogP contribution in [0.1, 0.15) is 30.3 Å². The van der Waals surface area contributed by atoms with Crippen LogP contribution in [0.3, 0.4) is 0 Å². The lowest BCUT2D eigenvalue weighted by Crippen LogP contribution is -2.01. The normalized spacial score (nSPS) is 14.0. The highest BCUT2D eigenvalue weighted by Gasteiger charge is 2.31. The van der Waals surface area contributed by atoms with Crippen molar-refractivity contribution in [1.29, 1.82) is 0 Å². The maximum Gasteiger partial charge on any atom is 0.196 e. The van der Waals surface area contributed by atoms with Crippen LogP contribution in [0.25, 0.3) is 16.3 Å². The van der Waals surface area contributed by atoms with E-state index >= 15 is 0 Å². The van der Waals surface area contributed by atoms with Gasteiger partial charge in [-0.3, -0.25) is 4.57 Å². The standard InChI is InChI=1S/C19H16N4OS2/c1-2-4-16(5-3-1)23-17(13-6-7-13)21-22-19(23)26-12-15-11-25-18(20-15)14-8-9-24-10-14/h1-5,8-11,13H,6-7,12H2. The Morgan fingerprint density at radius 2 is 2.04 bits per heavy atom. The number of hydrogen-bond acceptors (Lipinski definition) is 6. The SMILES string of the molecule is c1ccc(-n2c(SCc3csc(-c4ccoc4)n3)nnc2C2CC2)cc1. The van der Waals surface area contributed by atoms with Crippen molar-refractivity contribution in [3.8, 4) is 16.3 Å². The van der Waals surface area contributed by atoms with Gasteiger partial charge in [0.2, 0.25) is 0 Å². The van der Waals surface area contributed by atoms with Crippen molar-refractivity contribution in [2.24, 2.45) is 0 Å². The Kier molecular flexibility index (Phi) is 4.10. The topological polar surface area (TPSA) is 56.7 Å². The van der Waals surface area contributed by atoms with Crippen molar-refractivity contribution in [3.05, 3.63) is 65.8 Å². The predicted octanol–water partition coefficient (Wildman–Crippen LogP) is 5.15. The minimum Gasteiger partial charge on any atom is -0.472 e. The average Bonchev–Trinajstić information content (AvgIpc) is 3.08. The van der Waals surface area contributed by atoms with Crippen molar-refractivity contribution in [3.63, 3.8) is 0 Å². The minimum atomic E-state index is 0.545. The summed E-state index contributed by atoms with van der Waals surface area (Å²) >= 11 is 3.32. The van der Waals surface area contributed by atoms with E-state index in [0.717, 1.165) is 38.7 Å². The molecular weight excluding hydrogens is 364 g/mol. The molecule has 130 valence electrons. The second kappa shape index (κ2) is 6.74. The smallest absolute Gasteiger partial charge is 0.196 e. The molecule has 1 aromatic carbocycles. The molecule has 0 aliphatic heterocycles. The zero-order valence-corrected chi connectivity index (χ0v) is 15.5. The Labute approximate surface area is 159 Å². The number of hydrogen-bond donors (Lipinski definition) is 0. The van der Waals surface area contributed by atoms with E-state index in [-0.39, 0.29) is 0 Å². The van der Waals surface area contributed by atoms with Crippen molar-refractivity contribution < 1.29 is 4.42 Å². The predicted molar refractivity (Wildman–Crippen MR) is 103 cm³/mol. The van der Waals surface area contributed by atoms with Crippen LogP contribution in [0.15, 0.2) is 63.9 Å². The van der Waals surface area contributed by atoms with Gasteiger partial charge < -0.3 is 4.42 Å². The Balaban J connectivity index is 1.39. The summed E-state index contributed by atoms with van der Waals surface area (Å²) in [5, 5.41) is 12.9. The van der Waals surface area contributed by atoms with Gasteiger partial charge in [-0.05, 0) is 31.0 Å². The van der Waals surface area contributed by atoms with Gasteiger partial charge in [0.05, 0.1) is 12.0 Å². The van der Waals surface area contributed by atoms with E-state index in [0.29, 0.717) is 5.92 Å². The van der Waals surface area contributed by atoms with E-state index in [1.54, 1.807) is 35.6 Å². The van der Waals surface area contributed by atoms with Crippen LogP contribution < -0.4 is 0 Å². The van der Waals surface area contributed by atoms with E-state index in [9.17, 15) is 0 Å². The van der Waals surface area contributed by atoms with Gasteiger partial charge in [-0.15, -0.1) is 21.5 Å². The number of rotatable bonds is 6. The first-order valence-electron chi connectivity index (χ1n) is 8.49. The number of benzene rings is 1. The zero-order valence-electron chi connectivity index (χ0n) is 13.9. The summed E-state index contributed by atoms with van der Waals surface area (Å²) in [6.45, 7) is 0. The van der Waals surface area contributed by atoms with Gasteiger partial charge in [-0.2, -0.15) is 0 Å². The third-order valence-electron chi connectivity index (χ3n) is 4.28. The van der Waals surface area contributed by atoms with E-state index in [1.807, 2.05) is 12.1 Å². The van der Waals surface area contributed by atoms with Crippen LogP contribution in [0.5, 0.6) is 0 Å². The quantitative estimate of drug-likeness (QED) is 0.433. The molecule has 0 radical (unpaired) electrons. The summed E-state index contributed by atoms with van der Waals surface area (Å²) in [5.41, 5.74) is 3.20. The molecule has 0 bridgehead atoms. The first kappa shape index (κ1) is 15.8. The first-order valence-corrected chi connectivity index (χ1v) is 10.4. The number of para-hydroxylation sites is 1. The van der Waals surface area contributed by atoms with Gasteiger partial charge in [0.1, 0.15) is 17.1 Å². The average molecular weight is 380 g/mol. The highest BCUT2D eigenvalue weighted by atomic mass is 32.2. The summed E-state index contributed by atoms with van der Waals surface area (Å²) in [4.78, 5) is 4.70. The Morgan fingerprint density at radius 3 is 2.81 bits per heavy atom. The van der Waals surface area contributed by atoms with Crippen LogP contribution in [-0.4, -0.2) is 19.7 Å². The molecule has 1 aliphatic rings. The fourth-order valence-corrected chi connectivity index (χ4v) is 4.59. The molecule has 3 aromatic heterocycles. The van der Waals surface area contributed by atoms with Crippen LogP contribution in [0.4, 0.5) is 0 Å². The molecule has 5 rings (SSSR count). The molecule has 4 aromatic rings. The maximum absolute atomic E-state index is 5.14. The summed E-state index contributed by atoms with van der Waals surface area (Å²) in [5.74, 6) is 2.39. The molecule has 0 atom stereocenters. The van der Waals surface area contributed by atoms with E-state index in [1.165, 1.54) is 12.8 Å². The lowest BCUT2D eigenvalue weighted by molar-refractivity contribution is 0.568. The monoisotopic (exact) mass is 380 g/mol. The molecule has 1 fully saturated rings. The minimum absolute atomic E-state index is 0.545. The van der Waals surface area contributed by atoms with Gasteiger partial charge in [-0.1, -0.05) is 30.0 Å². The van der Waals surface area contributed by atoms with Crippen molar-refractivity contribution in [2.45, 2.75) is 29.7 Å². The Morgan fingerprint density at radius 1 is 1.15 bits per heavy atom. The van der Waals surface area contributed by atoms with E-state index in [2.05, 4.69) is 44.4 Å². The molecule has 1 saturated carbocycles. The molecule has 0 N–H and O–H groups in total. The summed E-state index contributed by atoms with van der Waals surface area (Å²) in [7, 11) is 0. The van der Waals surface area contributed by atoms with Crippen LogP contribution in [0.2, 0.25) is 0 Å². The second-order valence-corrected chi connectivity index (χ2v) is 8.03. The van der Waals surface area contributed by atoms with E-state index < -0.39 is 0 Å². The number of furan rings is 1. The molecule has 26 heavy (non-hydrogen) atoms. The highest BCUT2D eigenvalue weighted by Crippen LogP contribution is 2.41. The second-order valence-electron chi connectivity index (χ2n) is 6.23. The Hall–Kier alpha value is -2.38. The molecule has 1 aliphatic carbocycles. The highest BCUT2D eigenvalue weighted by molar-refractivity contribution is 7.98. The van der Waals surface area contributed by atoms with Crippen LogP contribution in [-0.2, 0) is 5.75 Å². The first-order chi connectivity index (χ1) is 12.9. The van der Waals surface area contributed by atoms with Gasteiger partial charge in [0.15, 0.2) is 5.16 Å². The number of thioether (sulfide) groups is 1. The van der Waals surface area contributed by atoms with Crippen molar-refractivity contribution >= 4 is 23.1 Å². The molecular formula is C19H16N4OS2. The number of thiazole rings is 1. The van der Waals surface area contributed by atoms with Crippen LogP contribution >= 0.6 is 23.1 Å². The molecule has 0 saturated heterocycles. The summed E-state index contributed by atoms with van der Waals surface area (Å²) in [6.07, 6.45) is 5.81. The molecule has 3 heterocycles. The van der Waals surface area contributed by atoms with Crippen molar-refractivity contribution in [2.75, 3.05) is 0 Å². The van der Waals surface area contributed by atoms with Crippen molar-refractivity contribution in [1.82, 2.24) is 19.7 Å². The number of aromatic nitrogens is 4. The van der Waals surface area contributed by atoms with Crippen LogP contribution in [0, 0.1) is 0 Å². The van der Waals surface area contributed by atoms with Gasteiger partial charge in [0, 0.05) is 28.3 Å². The molecule has 0 unspecified atom stereocenters. The van der Waals surface area contributed by atoms with Gasteiger partial charge in [0.25, 0.3) is 0 Å². The lowest BCUT2D eigenvalue weighted by atomic mass is 10.3. The number of nitrogens with zero attached hydrogens (tertiary/aromatic N) is 4. The largest absolute Gasteiger partial charge is 0.472 e. The van der Waals surface area contributed by atoms with E-state index in [4.69, 9.17) is 9.40 Å². The molecule has 7 heteroatoms.